The number of fused-ring (bicyclic) bond motifs is 2. The van der Waals surface area contributed by atoms with E-state index in [0.717, 1.165) is 44.1 Å². The molecule has 1 aromatic carbocycles. The summed E-state index contributed by atoms with van der Waals surface area (Å²) < 4.78 is 34.6. The molecule has 0 saturated heterocycles. The van der Waals surface area contributed by atoms with Crippen LogP contribution in [-0.2, 0) is 66.6 Å². The minimum Gasteiger partial charge on any atom is -0.480 e. The maximum Gasteiger partial charge on any atom is 0.472 e. The highest BCUT2D eigenvalue weighted by Gasteiger charge is 2.28. The third-order valence-corrected chi connectivity index (χ3v) is 16.9. The van der Waals surface area contributed by atoms with E-state index in [4.69, 9.17) is 23.5 Å². The minimum atomic E-state index is -4.77. The number of hydrogen-bond acceptors (Lipinski definition) is 18. The molecule has 0 spiro atoms. The number of nitrogens with zero attached hydrogens (tertiary/aromatic N) is 4. The van der Waals surface area contributed by atoms with Gasteiger partial charge in [0.2, 0.25) is 0 Å². The Morgan fingerprint density at radius 2 is 0.886 bits per heavy atom. The number of carboxylic acids is 3. The van der Waals surface area contributed by atoms with E-state index in [1.807, 2.05) is 12.1 Å². The molecule has 1 aliphatic rings. The van der Waals surface area contributed by atoms with E-state index in [-0.39, 0.29) is 103 Å². The molecule has 22 nitrogen and oxygen atoms in total. The molecule has 0 aliphatic carbocycles. The van der Waals surface area contributed by atoms with Crippen LogP contribution in [0.15, 0.2) is 21.7 Å². The van der Waals surface area contributed by atoms with E-state index >= 15 is 0 Å². The van der Waals surface area contributed by atoms with E-state index in [9.17, 15) is 58.3 Å². The number of phosphoric acid groups is 1. The number of carbonyl (C=O) groups excluding carboxylic acids is 2. The summed E-state index contributed by atoms with van der Waals surface area (Å²) in [6, 6.07) is 3.64. The zero-order valence-electron chi connectivity index (χ0n) is 53.6. The summed E-state index contributed by atoms with van der Waals surface area (Å²) >= 11 is 0. The van der Waals surface area contributed by atoms with Crippen molar-refractivity contribution in [2.45, 2.75) is 251 Å². The van der Waals surface area contributed by atoms with Crippen LogP contribution < -0.4 is 21.5 Å². The summed E-state index contributed by atoms with van der Waals surface area (Å²) in [5.41, 5.74) is 0.386. The van der Waals surface area contributed by atoms with Crippen molar-refractivity contribution < 1.29 is 67.3 Å². The molecule has 502 valence electrons. The first-order valence-corrected chi connectivity index (χ1v) is 35.1. The first-order chi connectivity index (χ1) is 42.5. The van der Waals surface area contributed by atoms with Crippen molar-refractivity contribution in [3.63, 3.8) is 0 Å². The molecule has 0 radical (unpaired) electrons. The van der Waals surface area contributed by atoms with Crippen LogP contribution in [0.3, 0.4) is 0 Å². The SMILES string of the molecule is CCCCCCCCCCCCCCCCCC(=O)OCC(COP(=O)(O)OCCNc1c(NCCCc2cc3nc(c2)CN(CC(=O)O)CCN(CC(=O)O)CCN(CC(=O)O)C3)c(=O)c1=O)OC(=O)CCCCCCCCCCCCCCCCC. The van der Waals surface area contributed by atoms with Gasteiger partial charge in [0.25, 0.3) is 10.9 Å². The normalized spacial score (nSPS) is 14.6. The third-order valence-electron chi connectivity index (χ3n) is 15.9. The van der Waals surface area contributed by atoms with Crippen LogP contribution in [0.25, 0.3) is 0 Å². The van der Waals surface area contributed by atoms with Crippen molar-refractivity contribution in [1.29, 1.82) is 0 Å². The van der Waals surface area contributed by atoms with Crippen LogP contribution in [0.2, 0.25) is 0 Å². The van der Waals surface area contributed by atoms with Gasteiger partial charge in [-0.05, 0) is 43.4 Å². The standard InChI is InChI=1S/C65H111N6O16P/c1-3-5-7-9-11-13-15-17-19-21-23-25-27-29-31-35-60(78)84-51-56(87-61(79)36-32-30-28-26-24-22-20-18-16-14-12-10-8-6-4-2)52-86-88(82,83)85-43-38-67-63-62(64(80)65(63)81)66-37-33-34-53-44-54-46-70(49-58(74)75)41-39-69(48-57(72)73)40-42-71(50-59(76)77)47-55(45-53)68-54/h44-45,56,66-67H,3-43,46-52H2,1-2H3,(H,72,73)(H,74,75)(H,76,77)(H,82,83). The average molecular weight is 1260 g/mol. The number of hydrogen-bond donors (Lipinski definition) is 6. The highest BCUT2D eigenvalue weighted by atomic mass is 31.2. The molecule has 2 unspecified atom stereocenters. The van der Waals surface area contributed by atoms with Crippen LogP contribution in [0, 0.1) is 0 Å². The van der Waals surface area contributed by atoms with Crippen LogP contribution in [-0.4, -0.2) is 155 Å². The fourth-order valence-corrected chi connectivity index (χ4v) is 11.8. The van der Waals surface area contributed by atoms with Gasteiger partial charge in [0.05, 0.1) is 44.2 Å². The van der Waals surface area contributed by atoms with Crippen molar-refractivity contribution in [1.82, 2.24) is 19.7 Å². The molecule has 0 fully saturated rings. The van der Waals surface area contributed by atoms with Gasteiger partial charge in [-0.1, -0.05) is 194 Å². The molecule has 1 aliphatic heterocycles. The Bertz CT molecular complexity index is 2340. The van der Waals surface area contributed by atoms with E-state index in [0.29, 0.717) is 37.1 Å². The quantitative estimate of drug-likeness (QED) is 0.0155. The predicted octanol–water partition coefficient (Wildman–Crippen LogP) is 11.4. The molecule has 0 amide bonds. The van der Waals surface area contributed by atoms with Gasteiger partial charge in [-0.15, -0.1) is 0 Å². The Balaban J connectivity index is 1.47. The predicted molar refractivity (Wildman–Crippen MR) is 342 cm³/mol. The van der Waals surface area contributed by atoms with Gasteiger partial charge in [-0.2, -0.15) is 0 Å². The van der Waals surface area contributed by atoms with Crippen molar-refractivity contribution >= 4 is 49.0 Å². The molecular weight excluding hydrogens is 1150 g/mol. The summed E-state index contributed by atoms with van der Waals surface area (Å²) in [7, 11) is -4.77. The fraction of sp³-hybridized carbons (Fsp3) is 0.785. The van der Waals surface area contributed by atoms with Gasteiger partial charge in [0, 0.05) is 65.2 Å². The maximum atomic E-state index is 13.1. The van der Waals surface area contributed by atoms with Crippen LogP contribution >= 0.6 is 7.82 Å². The van der Waals surface area contributed by atoms with Gasteiger partial charge in [0.15, 0.2) is 6.10 Å². The first-order valence-electron chi connectivity index (χ1n) is 33.6. The Morgan fingerprint density at radius 3 is 1.31 bits per heavy atom. The van der Waals surface area contributed by atoms with Crippen LogP contribution in [0.1, 0.15) is 243 Å². The largest absolute Gasteiger partial charge is 0.480 e. The molecule has 3 rings (SSSR count). The lowest BCUT2D eigenvalue weighted by Gasteiger charge is -2.29. The summed E-state index contributed by atoms with van der Waals surface area (Å²) in [5.74, 6) is -4.18. The number of esters is 2. The van der Waals surface area contributed by atoms with Crippen molar-refractivity contribution in [2.24, 2.45) is 0 Å². The van der Waals surface area contributed by atoms with E-state index in [2.05, 4.69) is 24.5 Å². The molecule has 1 aromatic heterocycles. The molecule has 23 heteroatoms. The molecule has 2 heterocycles. The fourth-order valence-electron chi connectivity index (χ4n) is 11.0. The van der Waals surface area contributed by atoms with Gasteiger partial charge < -0.3 is 40.3 Å². The van der Waals surface area contributed by atoms with Crippen molar-refractivity contribution in [3.05, 3.63) is 49.5 Å². The molecule has 6 N–H and O–H groups in total. The number of pyridine rings is 1. The number of phosphoric ester groups is 1. The number of ether oxygens (including phenoxy) is 2. The van der Waals surface area contributed by atoms with Gasteiger partial charge >= 0.3 is 37.7 Å². The highest BCUT2D eigenvalue weighted by Crippen LogP contribution is 2.43. The van der Waals surface area contributed by atoms with Gasteiger partial charge in [0.1, 0.15) is 18.0 Å². The van der Waals surface area contributed by atoms with Crippen molar-refractivity contribution in [2.75, 3.05) is 89.4 Å². The summed E-state index contributed by atoms with van der Waals surface area (Å²) in [5, 5.41) is 34.6. The average Bonchev–Trinajstić information content (AvgIpc) is 1.17. The number of aryl methyl sites for hydroxylation is 1. The second-order valence-electron chi connectivity index (χ2n) is 24.0. The third kappa shape index (κ3) is 38.0. The number of carboxylic acid groups (broad SMARTS) is 3. The van der Waals surface area contributed by atoms with E-state index < -0.39 is 67.8 Å². The molecule has 2 bridgehead atoms. The van der Waals surface area contributed by atoms with E-state index in [1.165, 1.54) is 141 Å². The van der Waals surface area contributed by atoms with E-state index in [1.54, 1.807) is 14.7 Å². The summed E-state index contributed by atoms with van der Waals surface area (Å²) in [6.07, 6.45) is 35.8. The highest BCUT2D eigenvalue weighted by molar-refractivity contribution is 7.47. The Hall–Kier alpha value is -4.83. The Labute approximate surface area is 524 Å². The number of aliphatic carboxylic acids is 3. The number of anilines is 2. The number of rotatable bonds is 54. The van der Waals surface area contributed by atoms with Crippen LogP contribution in [0.4, 0.5) is 11.4 Å². The van der Waals surface area contributed by atoms with Crippen LogP contribution in [0.5, 0.6) is 0 Å². The molecule has 0 saturated carbocycles. The maximum absolute atomic E-state index is 13.1. The van der Waals surface area contributed by atoms with Gasteiger partial charge in [-0.3, -0.25) is 62.3 Å². The molecule has 88 heavy (non-hydrogen) atoms. The lowest BCUT2D eigenvalue weighted by atomic mass is 10.0. The zero-order chi connectivity index (χ0) is 64.0. The topological polar surface area (TPSA) is 301 Å². The monoisotopic (exact) mass is 1260 g/mol. The lowest BCUT2D eigenvalue weighted by Crippen LogP contribution is -2.44. The molecule has 2 atom stereocenters. The Morgan fingerprint density at radius 1 is 0.511 bits per heavy atom. The zero-order valence-corrected chi connectivity index (χ0v) is 54.5. The molecule has 2 aromatic rings. The first kappa shape index (κ1) is 77.4. The number of carbonyl (C=O) groups is 5. The Kier molecular flexibility index (Phi) is 42.3. The second kappa shape index (κ2) is 48.0. The molecular formula is C65H111N6O16P. The smallest absolute Gasteiger partial charge is 0.472 e. The summed E-state index contributed by atoms with van der Waals surface area (Å²) in [6.45, 7) is 3.45. The minimum absolute atomic E-state index is 0.0246. The van der Waals surface area contributed by atoms with Gasteiger partial charge in [-0.25, -0.2) is 4.57 Å². The number of aromatic nitrogens is 1. The number of unbranched alkanes of at least 4 members (excludes halogenated alkanes) is 28. The second-order valence-corrected chi connectivity index (χ2v) is 25.4. The number of nitrogens with one attached hydrogen (secondary N) is 2. The lowest BCUT2D eigenvalue weighted by molar-refractivity contribution is -0.161. The van der Waals surface area contributed by atoms with Crippen molar-refractivity contribution in [3.8, 4) is 0 Å². The summed E-state index contributed by atoms with van der Waals surface area (Å²) in [4.78, 5) is 107.